The smallest absolute Gasteiger partial charge is 0.306 e. The number of aliphatic carboxylic acids is 1. The zero-order valence-electron chi connectivity index (χ0n) is 30.5. The number of Topliss-reactive ketones (excluding diaryl/α,β-unsaturated/α-hetero) is 1. The summed E-state index contributed by atoms with van der Waals surface area (Å²) >= 11 is 7.02. The average Bonchev–Trinajstić information content (AvgIpc) is 3.64. The van der Waals surface area contributed by atoms with Gasteiger partial charge in [0, 0.05) is 82.2 Å². The molecule has 1 amide bonds. The predicted octanol–water partition coefficient (Wildman–Crippen LogP) is 6.09. The fourth-order valence-corrected chi connectivity index (χ4v) is 8.66. The normalized spacial score (nSPS) is 19.2. The summed E-state index contributed by atoms with van der Waals surface area (Å²) in [6, 6.07) is 11.5. The van der Waals surface area contributed by atoms with Gasteiger partial charge in [-0.3, -0.25) is 19.3 Å². The molecule has 2 aliphatic heterocycles. The number of rotatable bonds is 10. The summed E-state index contributed by atoms with van der Waals surface area (Å²) in [5.41, 5.74) is 8.05. The van der Waals surface area contributed by atoms with Crippen LogP contribution in [0.15, 0.2) is 36.4 Å². The minimum absolute atomic E-state index is 0.0721. The number of hydrogen-bond donors (Lipinski definition) is 2. The second kappa shape index (κ2) is 15.0. The number of carbonyl (C=O) groups excluding carboxylic acids is 2. The number of halogens is 1. The van der Waals surface area contributed by atoms with E-state index in [9.17, 15) is 19.5 Å². The third kappa shape index (κ3) is 7.18. The molecular formula is C40H48ClN7O4. The first-order chi connectivity index (χ1) is 25.0. The predicted molar refractivity (Wildman–Crippen MR) is 201 cm³/mol. The van der Waals surface area contributed by atoms with Gasteiger partial charge in [-0.25, -0.2) is 9.97 Å². The van der Waals surface area contributed by atoms with E-state index in [-0.39, 0.29) is 24.0 Å². The van der Waals surface area contributed by atoms with E-state index in [2.05, 4.69) is 22.2 Å². The third-order valence-electron chi connectivity index (χ3n) is 11.6. The molecule has 2 aromatic carbocycles. The molecule has 12 heteroatoms. The summed E-state index contributed by atoms with van der Waals surface area (Å²) in [4.78, 5) is 52.7. The SMILES string of the molecule is Cc1c(NC(=O)c2nc3c(n2C)CCN(CCC2CCC(C(=O)O)CC2)C3)cccc1-c1cccc(CC(=O)c2nc3c(n2C)CCN(C)C3)c1Cl. The first-order valence-electron chi connectivity index (χ1n) is 18.4. The van der Waals surface area contributed by atoms with Gasteiger partial charge in [-0.1, -0.05) is 41.9 Å². The first kappa shape index (κ1) is 36.1. The van der Waals surface area contributed by atoms with Gasteiger partial charge >= 0.3 is 5.97 Å². The molecule has 2 aromatic heterocycles. The van der Waals surface area contributed by atoms with E-state index in [0.717, 1.165) is 116 Å². The molecule has 4 aromatic rings. The van der Waals surface area contributed by atoms with Gasteiger partial charge in [0.15, 0.2) is 11.6 Å². The van der Waals surface area contributed by atoms with Crippen molar-refractivity contribution in [1.29, 1.82) is 0 Å². The van der Waals surface area contributed by atoms with Crippen LogP contribution < -0.4 is 5.32 Å². The molecule has 7 rings (SSSR count). The number of anilines is 1. The molecule has 52 heavy (non-hydrogen) atoms. The van der Waals surface area contributed by atoms with Crippen LogP contribution >= 0.6 is 11.6 Å². The van der Waals surface area contributed by atoms with Crippen LogP contribution in [0.4, 0.5) is 5.69 Å². The summed E-state index contributed by atoms with van der Waals surface area (Å²) in [5, 5.41) is 12.9. The Hall–Kier alpha value is -4.32. The molecular weight excluding hydrogens is 678 g/mol. The number of imidazole rings is 2. The van der Waals surface area contributed by atoms with E-state index in [4.69, 9.17) is 21.6 Å². The van der Waals surface area contributed by atoms with E-state index >= 15 is 0 Å². The molecule has 0 unspecified atom stereocenters. The Morgan fingerprint density at radius 2 is 1.52 bits per heavy atom. The summed E-state index contributed by atoms with van der Waals surface area (Å²) in [6.07, 6.45) is 6.40. The largest absolute Gasteiger partial charge is 0.481 e. The number of nitrogens with zero attached hydrogens (tertiary/aromatic N) is 6. The van der Waals surface area contributed by atoms with Gasteiger partial charge in [0.05, 0.1) is 22.3 Å². The highest BCUT2D eigenvalue weighted by Crippen LogP contribution is 2.36. The summed E-state index contributed by atoms with van der Waals surface area (Å²) in [6.45, 7) is 6.20. The van der Waals surface area contributed by atoms with Gasteiger partial charge in [-0.15, -0.1) is 0 Å². The lowest BCUT2D eigenvalue weighted by molar-refractivity contribution is -0.143. The molecule has 1 fully saturated rings. The molecule has 0 bridgehead atoms. The average molecular weight is 726 g/mol. The Kier molecular flexibility index (Phi) is 10.4. The Morgan fingerprint density at radius 1 is 0.865 bits per heavy atom. The van der Waals surface area contributed by atoms with Crippen LogP contribution in [0.2, 0.25) is 5.02 Å². The second-order valence-electron chi connectivity index (χ2n) is 14.9. The number of likely N-dealkylation sites (N-methyl/N-ethyl adjacent to an activating group) is 1. The zero-order chi connectivity index (χ0) is 36.7. The van der Waals surface area contributed by atoms with Crippen molar-refractivity contribution in [2.75, 3.05) is 32.0 Å². The number of fused-ring (bicyclic) bond motifs is 2. The van der Waals surface area contributed by atoms with Crippen LogP contribution in [0.1, 0.15) is 87.2 Å². The quantitative estimate of drug-likeness (QED) is 0.188. The molecule has 4 heterocycles. The van der Waals surface area contributed by atoms with Crippen LogP contribution in [0.5, 0.6) is 0 Å². The highest BCUT2D eigenvalue weighted by Gasteiger charge is 2.29. The van der Waals surface area contributed by atoms with Crippen LogP contribution in [0.25, 0.3) is 11.1 Å². The summed E-state index contributed by atoms with van der Waals surface area (Å²) < 4.78 is 3.85. The number of benzene rings is 2. The van der Waals surface area contributed by atoms with E-state index < -0.39 is 5.97 Å². The highest BCUT2D eigenvalue weighted by atomic mass is 35.5. The van der Waals surface area contributed by atoms with Gasteiger partial charge in [0.2, 0.25) is 5.78 Å². The van der Waals surface area contributed by atoms with Gasteiger partial charge in [0.25, 0.3) is 5.91 Å². The fraction of sp³-hybridized carbons (Fsp3) is 0.475. The van der Waals surface area contributed by atoms with Crippen molar-refractivity contribution in [1.82, 2.24) is 28.9 Å². The maximum absolute atomic E-state index is 13.7. The lowest BCUT2D eigenvalue weighted by atomic mass is 9.80. The lowest BCUT2D eigenvalue weighted by Crippen LogP contribution is -2.33. The van der Waals surface area contributed by atoms with Crippen molar-refractivity contribution in [3.63, 3.8) is 0 Å². The van der Waals surface area contributed by atoms with Gasteiger partial charge < -0.3 is 24.5 Å². The fourth-order valence-electron chi connectivity index (χ4n) is 8.37. The first-order valence-corrected chi connectivity index (χ1v) is 18.8. The maximum Gasteiger partial charge on any atom is 0.306 e. The zero-order valence-corrected chi connectivity index (χ0v) is 31.3. The Balaban J connectivity index is 1.02. The van der Waals surface area contributed by atoms with Crippen LogP contribution in [-0.2, 0) is 51.2 Å². The van der Waals surface area contributed by atoms with Crippen molar-refractivity contribution >= 4 is 34.9 Å². The topological polar surface area (TPSA) is 126 Å². The number of carbonyl (C=O) groups is 3. The number of hydrogen-bond acceptors (Lipinski definition) is 7. The Labute approximate surface area is 310 Å². The monoisotopic (exact) mass is 725 g/mol. The summed E-state index contributed by atoms with van der Waals surface area (Å²) in [5.74, 6) is 0.223. The van der Waals surface area contributed by atoms with E-state index in [1.807, 2.05) is 66.6 Å². The number of carboxylic acid groups (broad SMARTS) is 1. The number of aromatic nitrogens is 4. The van der Waals surface area contributed by atoms with Crippen molar-refractivity contribution < 1.29 is 19.5 Å². The Bertz CT molecular complexity index is 2030. The molecule has 0 spiro atoms. The molecule has 0 radical (unpaired) electrons. The number of ketones is 1. The molecule has 3 aliphatic rings. The van der Waals surface area contributed by atoms with Gasteiger partial charge in [-0.2, -0.15) is 0 Å². The molecule has 274 valence electrons. The van der Waals surface area contributed by atoms with Crippen molar-refractivity contribution in [2.45, 2.75) is 71.4 Å². The second-order valence-corrected chi connectivity index (χ2v) is 15.3. The summed E-state index contributed by atoms with van der Waals surface area (Å²) in [7, 11) is 5.89. The van der Waals surface area contributed by atoms with Crippen LogP contribution in [0.3, 0.4) is 0 Å². The van der Waals surface area contributed by atoms with Crippen molar-refractivity contribution in [3.8, 4) is 11.1 Å². The molecule has 1 saturated carbocycles. The minimum Gasteiger partial charge on any atom is -0.481 e. The van der Waals surface area contributed by atoms with Crippen LogP contribution in [0, 0.1) is 18.8 Å². The molecule has 1 aliphatic carbocycles. The van der Waals surface area contributed by atoms with Crippen molar-refractivity contribution in [2.24, 2.45) is 25.9 Å². The maximum atomic E-state index is 13.7. The molecule has 11 nitrogen and oxygen atoms in total. The van der Waals surface area contributed by atoms with Gasteiger partial charge in [0.1, 0.15) is 0 Å². The minimum atomic E-state index is -0.660. The standard InChI is InChI=1S/C40H48ClN7O4/c1-24-28(29-9-5-7-27(36(29)41)21-35(49)37-42-31-22-45(2)18-16-33(31)46(37)3)8-6-10-30(24)44-39(50)38-43-32-23-48(20-17-34(32)47(38)4)19-15-25-11-13-26(14-12-25)40(51)52/h5-10,25-26H,11-23H2,1-4H3,(H,44,50)(H,51,52). The third-order valence-corrected chi connectivity index (χ3v) is 12.0. The number of carboxylic acids is 1. The van der Waals surface area contributed by atoms with E-state index in [1.54, 1.807) is 0 Å². The highest BCUT2D eigenvalue weighted by molar-refractivity contribution is 6.34. The van der Waals surface area contributed by atoms with Gasteiger partial charge in [-0.05, 0) is 81.3 Å². The molecule has 0 saturated heterocycles. The lowest BCUT2D eigenvalue weighted by Gasteiger charge is -2.30. The molecule has 2 N–H and O–H groups in total. The van der Waals surface area contributed by atoms with Crippen molar-refractivity contribution in [3.05, 3.63) is 87.0 Å². The Morgan fingerprint density at radius 3 is 2.27 bits per heavy atom. The van der Waals surface area contributed by atoms with E-state index in [1.165, 1.54) is 0 Å². The number of nitrogens with one attached hydrogen (secondary N) is 1. The van der Waals surface area contributed by atoms with Crippen LogP contribution in [-0.4, -0.2) is 78.4 Å². The number of amides is 1. The molecule has 0 atom stereocenters. The van der Waals surface area contributed by atoms with E-state index in [0.29, 0.717) is 34.8 Å².